The molecule has 3 aromatic carbocycles. The zero-order valence-corrected chi connectivity index (χ0v) is 18.8. The van der Waals surface area contributed by atoms with Crippen molar-refractivity contribution < 1.29 is 13.2 Å². The number of para-hydroxylation sites is 1. The summed E-state index contributed by atoms with van der Waals surface area (Å²) in [5.41, 5.74) is 2.95. The van der Waals surface area contributed by atoms with Crippen LogP contribution >= 0.6 is 11.8 Å². The van der Waals surface area contributed by atoms with E-state index in [1.165, 1.54) is 11.8 Å². The number of carbonyl (C=O) groups excluding carboxylic acids is 1. The molecule has 0 saturated heterocycles. The van der Waals surface area contributed by atoms with Crippen LogP contribution in [0.25, 0.3) is 0 Å². The first-order valence-corrected chi connectivity index (χ1v) is 12.1. The number of rotatable bonds is 7. The molecule has 5 nitrogen and oxygen atoms in total. The Hall–Kier alpha value is -2.77. The van der Waals surface area contributed by atoms with E-state index < -0.39 is 15.9 Å². The van der Waals surface area contributed by atoms with Crippen molar-refractivity contribution in [3.05, 3.63) is 83.9 Å². The van der Waals surface area contributed by atoms with Crippen molar-refractivity contribution in [2.45, 2.75) is 23.6 Å². The summed E-state index contributed by atoms with van der Waals surface area (Å²) in [5.74, 6) is -0.401. The molecule has 0 unspecified atom stereocenters. The lowest BCUT2D eigenvalue weighted by Gasteiger charge is -2.24. The van der Waals surface area contributed by atoms with Gasteiger partial charge in [0, 0.05) is 9.79 Å². The third-order valence-electron chi connectivity index (χ3n) is 4.66. The Morgan fingerprint density at radius 3 is 2.30 bits per heavy atom. The summed E-state index contributed by atoms with van der Waals surface area (Å²) in [6.07, 6.45) is 1.11. The summed E-state index contributed by atoms with van der Waals surface area (Å²) in [5, 5.41) is 2.87. The fourth-order valence-electron chi connectivity index (χ4n) is 2.98. The number of aryl methyl sites for hydroxylation is 1. The second-order valence-electron chi connectivity index (χ2n) is 6.95. The van der Waals surface area contributed by atoms with Crippen molar-refractivity contribution in [2.24, 2.45) is 0 Å². The van der Waals surface area contributed by atoms with Crippen molar-refractivity contribution in [1.82, 2.24) is 0 Å². The number of nitrogens with one attached hydrogen (secondary N) is 1. The molecule has 0 radical (unpaired) electrons. The van der Waals surface area contributed by atoms with E-state index in [9.17, 15) is 13.2 Å². The second kappa shape index (κ2) is 9.36. The van der Waals surface area contributed by atoms with E-state index >= 15 is 0 Å². The fourth-order valence-corrected chi connectivity index (χ4v) is 4.81. The van der Waals surface area contributed by atoms with Gasteiger partial charge in [0.1, 0.15) is 6.54 Å². The summed E-state index contributed by atoms with van der Waals surface area (Å²) in [6.45, 7) is 3.47. The minimum Gasteiger partial charge on any atom is -0.323 e. The Labute approximate surface area is 182 Å². The highest BCUT2D eigenvalue weighted by Crippen LogP contribution is 2.33. The Bertz CT molecular complexity index is 1150. The van der Waals surface area contributed by atoms with Gasteiger partial charge in [0.15, 0.2) is 0 Å². The number of anilines is 2. The molecule has 0 aliphatic heterocycles. The van der Waals surface area contributed by atoms with E-state index in [0.717, 1.165) is 31.5 Å². The van der Waals surface area contributed by atoms with Crippen molar-refractivity contribution in [1.29, 1.82) is 0 Å². The molecule has 0 spiro atoms. The molecule has 156 valence electrons. The number of sulfonamides is 1. The van der Waals surface area contributed by atoms with Crippen molar-refractivity contribution in [3.63, 3.8) is 0 Å². The van der Waals surface area contributed by atoms with Crippen molar-refractivity contribution in [2.75, 3.05) is 22.4 Å². The van der Waals surface area contributed by atoms with Crippen molar-refractivity contribution >= 4 is 39.1 Å². The number of hydrogen-bond acceptors (Lipinski definition) is 4. The van der Waals surface area contributed by atoms with Crippen LogP contribution in [0.15, 0.2) is 82.6 Å². The molecule has 0 fully saturated rings. The first kappa shape index (κ1) is 21.9. The van der Waals surface area contributed by atoms with E-state index in [4.69, 9.17) is 0 Å². The van der Waals surface area contributed by atoms with Crippen LogP contribution in [-0.2, 0) is 14.8 Å². The number of hydrogen-bond donors (Lipinski definition) is 1. The molecule has 0 aliphatic carbocycles. The maximum Gasteiger partial charge on any atom is 0.245 e. The van der Waals surface area contributed by atoms with Crippen LogP contribution in [0.2, 0.25) is 0 Å². The Kier molecular flexibility index (Phi) is 6.84. The van der Waals surface area contributed by atoms with Gasteiger partial charge in [-0.1, -0.05) is 54.2 Å². The highest BCUT2D eigenvalue weighted by Gasteiger charge is 2.23. The van der Waals surface area contributed by atoms with Crippen LogP contribution in [0.3, 0.4) is 0 Å². The molecule has 0 saturated carbocycles. The highest BCUT2D eigenvalue weighted by atomic mass is 32.2. The van der Waals surface area contributed by atoms with Crippen LogP contribution < -0.4 is 9.62 Å². The topological polar surface area (TPSA) is 66.5 Å². The monoisotopic (exact) mass is 440 g/mol. The molecule has 1 N–H and O–H groups in total. The molecular formula is C23H24N2O3S2. The molecule has 0 atom stereocenters. The summed E-state index contributed by atoms with van der Waals surface area (Å²) < 4.78 is 26.0. The minimum absolute atomic E-state index is 0.298. The molecular weight excluding hydrogens is 416 g/mol. The Balaban J connectivity index is 1.83. The third-order valence-corrected chi connectivity index (χ3v) is 6.87. The van der Waals surface area contributed by atoms with E-state index in [1.807, 2.05) is 74.5 Å². The first-order chi connectivity index (χ1) is 14.3. The van der Waals surface area contributed by atoms with Gasteiger partial charge in [-0.25, -0.2) is 8.42 Å². The van der Waals surface area contributed by atoms with Gasteiger partial charge in [-0.3, -0.25) is 9.10 Å². The van der Waals surface area contributed by atoms with Crippen LogP contribution in [0.4, 0.5) is 11.4 Å². The standard InChI is InChI=1S/C23H24N2O3S2/c1-17-10-9-14-21(18(17)2)25(30(3,27)28)16-23(26)24-20-13-7-8-15-22(20)29-19-11-5-4-6-12-19/h4-15H,16H2,1-3H3,(H,24,26). The lowest BCUT2D eigenvalue weighted by molar-refractivity contribution is -0.114. The lowest BCUT2D eigenvalue weighted by Crippen LogP contribution is -2.38. The number of amides is 1. The van der Waals surface area contributed by atoms with Crippen LogP contribution in [0.5, 0.6) is 0 Å². The number of nitrogens with zero attached hydrogens (tertiary/aromatic N) is 1. The predicted octanol–water partition coefficient (Wildman–Crippen LogP) is 4.86. The molecule has 0 bridgehead atoms. The second-order valence-corrected chi connectivity index (χ2v) is 9.97. The summed E-state index contributed by atoms with van der Waals surface area (Å²) >= 11 is 1.53. The summed E-state index contributed by atoms with van der Waals surface area (Å²) in [7, 11) is -3.64. The molecule has 1 amide bonds. The summed E-state index contributed by atoms with van der Waals surface area (Å²) in [6, 6.07) is 22.7. The smallest absolute Gasteiger partial charge is 0.245 e. The van der Waals surface area contributed by atoms with Gasteiger partial charge in [-0.2, -0.15) is 0 Å². The minimum atomic E-state index is -3.64. The molecule has 0 aliphatic rings. The highest BCUT2D eigenvalue weighted by molar-refractivity contribution is 7.99. The Morgan fingerprint density at radius 1 is 0.933 bits per heavy atom. The van der Waals surface area contributed by atoms with Crippen molar-refractivity contribution in [3.8, 4) is 0 Å². The van der Waals surface area contributed by atoms with E-state index in [0.29, 0.717) is 11.4 Å². The van der Waals surface area contributed by atoms with E-state index in [2.05, 4.69) is 5.32 Å². The summed E-state index contributed by atoms with van der Waals surface area (Å²) in [4.78, 5) is 14.7. The van der Waals surface area contributed by atoms with Gasteiger partial charge >= 0.3 is 0 Å². The van der Waals surface area contributed by atoms with Gasteiger partial charge in [0.25, 0.3) is 0 Å². The molecule has 7 heteroatoms. The molecule has 3 aromatic rings. The predicted molar refractivity (Wildman–Crippen MR) is 124 cm³/mol. The van der Waals surface area contributed by atoms with Crippen LogP contribution in [0, 0.1) is 13.8 Å². The molecule has 3 rings (SSSR count). The average Bonchev–Trinajstić information content (AvgIpc) is 2.70. The van der Waals surface area contributed by atoms with Crippen LogP contribution in [0.1, 0.15) is 11.1 Å². The van der Waals surface area contributed by atoms with Gasteiger partial charge in [0.05, 0.1) is 17.6 Å². The van der Waals surface area contributed by atoms with E-state index in [-0.39, 0.29) is 6.54 Å². The normalized spacial score (nSPS) is 11.2. The zero-order valence-electron chi connectivity index (χ0n) is 17.1. The largest absolute Gasteiger partial charge is 0.323 e. The maximum absolute atomic E-state index is 12.8. The van der Waals surface area contributed by atoms with Crippen LogP contribution in [-0.4, -0.2) is 27.1 Å². The molecule has 0 heterocycles. The molecule has 30 heavy (non-hydrogen) atoms. The van der Waals surface area contributed by atoms with Gasteiger partial charge < -0.3 is 5.32 Å². The quantitative estimate of drug-likeness (QED) is 0.570. The first-order valence-electron chi connectivity index (χ1n) is 9.41. The van der Waals surface area contributed by atoms with Gasteiger partial charge in [-0.05, 0) is 55.3 Å². The Morgan fingerprint density at radius 2 is 1.60 bits per heavy atom. The SMILES string of the molecule is Cc1cccc(N(CC(=O)Nc2ccccc2Sc2ccccc2)S(C)(=O)=O)c1C. The number of benzene rings is 3. The lowest BCUT2D eigenvalue weighted by atomic mass is 10.1. The van der Waals surface area contributed by atoms with E-state index in [1.54, 1.807) is 12.1 Å². The maximum atomic E-state index is 12.8. The van der Waals surface area contributed by atoms with Gasteiger partial charge in [-0.15, -0.1) is 0 Å². The third kappa shape index (κ3) is 5.43. The molecule has 0 aromatic heterocycles. The average molecular weight is 441 g/mol. The zero-order chi connectivity index (χ0) is 21.7. The number of carbonyl (C=O) groups is 1. The van der Waals surface area contributed by atoms with Gasteiger partial charge in [0.2, 0.25) is 15.9 Å². The fraction of sp³-hybridized carbons (Fsp3) is 0.174.